The monoisotopic (exact) mass is 455 g/mol. The summed E-state index contributed by atoms with van der Waals surface area (Å²) in [5.74, 6) is 2.08. The Balaban J connectivity index is 1.53. The molecule has 0 fully saturated rings. The lowest BCUT2D eigenvalue weighted by Gasteiger charge is -2.12. The van der Waals surface area contributed by atoms with E-state index < -0.39 is 10.8 Å². The molecule has 0 aliphatic heterocycles. The minimum absolute atomic E-state index is 0.211. The molecule has 0 aliphatic carbocycles. The zero-order valence-electron chi connectivity index (χ0n) is 18.7. The first-order valence-electron chi connectivity index (χ1n) is 10.7. The van der Waals surface area contributed by atoms with Gasteiger partial charge in [0.1, 0.15) is 5.76 Å². The standard InChI is InChI=1S/C25H29NO5S/c1-4-29-22-11-9-19(16-24(22)30-5-2)13-14-26-25(27)23-12-10-20(31-23)17-32(28)21-8-6-7-18(3)15-21/h6-12,15-16H,4-5,13-14,17H2,1-3H3,(H,26,27)/t32-/m0/s1. The van der Waals surface area contributed by atoms with Gasteiger partial charge in [-0.2, -0.15) is 0 Å². The maximum Gasteiger partial charge on any atom is 0.287 e. The molecule has 0 unspecified atom stereocenters. The van der Waals surface area contributed by atoms with Crippen LogP contribution in [0.3, 0.4) is 0 Å². The molecular formula is C25H29NO5S. The van der Waals surface area contributed by atoms with Crippen LogP contribution in [0.1, 0.15) is 41.3 Å². The van der Waals surface area contributed by atoms with Gasteiger partial charge in [0.05, 0.1) is 29.8 Å². The number of hydrogen-bond donors (Lipinski definition) is 1. The highest BCUT2D eigenvalue weighted by atomic mass is 32.2. The van der Waals surface area contributed by atoms with E-state index in [1.807, 2.05) is 63.2 Å². The largest absolute Gasteiger partial charge is 0.490 e. The maximum atomic E-state index is 12.5. The molecular weight excluding hydrogens is 426 g/mol. The Morgan fingerprint density at radius 3 is 2.53 bits per heavy atom. The van der Waals surface area contributed by atoms with E-state index >= 15 is 0 Å². The predicted octanol–water partition coefficient (Wildman–Crippen LogP) is 4.67. The quantitative estimate of drug-likeness (QED) is 0.455. The summed E-state index contributed by atoms with van der Waals surface area (Å²) in [4.78, 5) is 13.2. The van der Waals surface area contributed by atoms with Gasteiger partial charge in [0.2, 0.25) is 0 Å². The summed E-state index contributed by atoms with van der Waals surface area (Å²) < 4.78 is 29.4. The van der Waals surface area contributed by atoms with Gasteiger partial charge in [-0.25, -0.2) is 0 Å². The van der Waals surface area contributed by atoms with Gasteiger partial charge < -0.3 is 19.2 Å². The number of aryl methyl sites for hydroxylation is 1. The number of hydrogen-bond acceptors (Lipinski definition) is 5. The van der Waals surface area contributed by atoms with E-state index in [9.17, 15) is 9.00 Å². The van der Waals surface area contributed by atoms with Crippen LogP contribution in [-0.4, -0.2) is 29.9 Å². The molecule has 7 heteroatoms. The second kappa shape index (κ2) is 11.5. The van der Waals surface area contributed by atoms with Crippen LogP contribution in [0.2, 0.25) is 0 Å². The number of nitrogens with one attached hydrogen (secondary N) is 1. The first-order chi connectivity index (χ1) is 15.5. The second-order valence-corrected chi connectivity index (χ2v) is 8.68. The minimum Gasteiger partial charge on any atom is -0.490 e. The molecule has 6 nitrogen and oxygen atoms in total. The van der Waals surface area contributed by atoms with Crippen LogP contribution in [0.4, 0.5) is 0 Å². The molecule has 1 heterocycles. The lowest BCUT2D eigenvalue weighted by Crippen LogP contribution is -2.25. The zero-order valence-corrected chi connectivity index (χ0v) is 19.5. The van der Waals surface area contributed by atoms with Crippen LogP contribution >= 0.6 is 0 Å². The van der Waals surface area contributed by atoms with Gasteiger partial charge in [0, 0.05) is 11.4 Å². The molecule has 0 spiro atoms. The Morgan fingerprint density at radius 1 is 1.00 bits per heavy atom. The molecule has 2 aromatic carbocycles. The lowest BCUT2D eigenvalue weighted by molar-refractivity contribution is 0.0925. The van der Waals surface area contributed by atoms with Crippen LogP contribution < -0.4 is 14.8 Å². The Morgan fingerprint density at radius 2 is 1.78 bits per heavy atom. The van der Waals surface area contributed by atoms with Crippen molar-refractivity contribution in [2.75, 3.05) is 19.8 Å². The third kappa shape index (κ3) is 6.47. The van der Waals surface area contributed by atoms with Crippen LogP contribution in [0.5, 0.6) is 11.5 Å². The van der Waals surface area contributed by atoms with Crippen molar-refractivity contribution in [2.45, 2.75) is 37.8 Å². The number of carbonyl (C=O) groups is 1. The third-order valence-electron chi connectivity index (χ3n) is 4.72. The molecule has 0 aliphatic rings. The third-order valence-corrected chi connectivity index (χ3v) is 6.04. The number of ether oxygens (including phenoxy) is 2. The van der Waals surface area contributed by atoms with Gasteiger partial charge in [0.25, 0.3) is 5.91 Å². The van der Waals surface area contributed by atoms with Crippen LogP contribution in [0, 0.1) is 6.92 Å². The molecule has 1 N–H and O–H groups in total. The Kier molecular flexibility index (Phi) is 8.50. The Bertz CT molecular complexity index is 1080. The molecule has 0 saturated carbocycles. The predicted molar refractivity (Wildman–Crippen MR) is 125 cm³/mol. The fourth-order valence-corrected chi connectivity index (χ4v) is 4.33. The van der Waals surface area contributed by atoms with E-state index in [4.69, 9.17) is 13.9 Å². The van der Waals surface area contributed by atoms with E-state index in [0.29, 0.717) is 43.4 Å². The van der Waals surface area contributed by atoms with Gasteiger partial charge in [-0.15, -0.1) is 0 Å². The summed E-state index contributed by atoms with van der Waals surface area (Å²) in [6, 6.07) is 16.7. The van der Waals surface area contributed by atoms with Gasteiger partial charge in [-0.3, -0.25) is 9.00 Å². The minimum atomic E-state index is -1.23. The van der Waals surface area contributed by atoms with Crippen molar-refractivity contribution < 1.29 is 22.9 Å². The van der Waals surface area contributed by atoms with Crippen molar-refractivity contribution in [2.24, 2.45) is 0 Å². The normalized spacial score (nSPS) is 11.7. The summed E-state index contributed by atoms with van der Waals surface area (Å²) in [5.41, 5.74) is 2.09. The molecule has 0 saturated heterocycles. The smallest absolute Gasteiger partial charge is 0.287 e. The average molecular weight is 456 g/mol. The van der Waals surface area contributed by atoms with E-state index in [1.165, 1.54) is 0 Å². The molecule has 0 bridgehead atoms. The lowest BCUT2D eigenvalue weighted by atomic mass is 10.1. The maximum absolute atomic E-state index is 12.5. The van der Waals surface area contributed by atoms with Crippen molar-refractivity contribution in [1.29, 1.82) is 0 Å². The average Bonchev–Trinajstić information content (AvgIpc) is 3.24. The van der Waals surface area contributed by atoms with Gasteiger partial charge in [-0.05, 0) is 74.7 Å². The van der Waals surface area contributed by atoms with Crippen LogP contribution in [0.15, 0.2) is 63.9 Å². The Hall–Kier alpha value is -3.06. The fourth-order valence-electron chi connectivity index (χ4n) is 3.21. The van der Waals surface area contributed by atoms with Crippen molar-refractivity contribution >= 4 is 16.7 Å². The molecule has 3 aromatic rings. The van der Waals surface area contributed by atoms with E-state index in [0.717, 1.165) is 16.0 Å². The molecule has 32 heavy (non-hydrogen) atoms. The molecule has 1 amide bonds. The van der Waals surface area contributed by atoms with Crippen molar-refractivity contribution in [3.05, 3.63) is 77.2 Å². The first-order valence-corrected chi connectivity index (χ1v) is 12.0. The summed E-state index contributed by atoms with van der Waals surface area (Å²) in [5, 5.41) is 2.86. The molecule has 1 atom stereocenters. The number of carbonyl (C=O) groups excluding carboxylic acids is 1. The first kappa shape index (κ1) is 23.6. The van der Waals surface area contributed by atoms with Gasteiger partial charge in [-0.1, -0.05) is 18.2 Å². The van der Waals surface area contributed by atoms with Gasteiger partial charge in [0.15, 0.2) is 17.3 Å². The van der Waals surface area contributed by atoms with E-state index in [2.05, 4.69) is 5.32 Å². The van der Waals surface area contributed by atoms with Crippen molar-refractivity contribution in [1.82, 2.24) is 5.32 Å². The SMILES string of the molecule is CCOc1ccc(CCNC(=O)c2ccc(C[S@](=O)c3cccc(C)c3)o2)cc1OCC. The summed E-state index contributed by atoms with van der Waals surface area (Å²) in [6.45, 7) is 7.38. The summed E-state index contributed by atoms with van der Waals surface area (Å²) >= 11 is 0. The Labute approximate surface area is 191 Å². The van der Waals surface area contributed by atoms with Gasteiger partial charge >= 0.3 is 0 Å². The van der Waals surface area contributed by atoms with E-state index in [1.54, 1.807) is 12.1 Å². The number of rotatable bonds is 11. The van der Waals surface area contributed by atoms with Crippen molar-refractivity contribution in [3.8, 4) is 11.5 Å². The highest BCUT2D eigenvalue weighted by Gasteiger charge is 2.14. The summed E-state index contributed by atoms with van der Waals surface area (Å²) in [7, 11) is -1.23. The van der Waals surface area contributed by atoms with E-state index in [-0.39, 0.29) is 17.4 Å². The number of amides is 1. The molecule has 170 valence electrons. The topological polar surface area (TPSA) is 77.8 Å². The highest BCUT2D eigenvalue weighted by Crippen LogP contribution is 2.28. The second-order valence-electron chi connectivity index (χ2n) is 7.23. The highest BCUT2D eigenvalue weighted by molar-refractivity contribution is 7.84. The van der Waals surface area contributed by atoms with Crippen molar-refractivity contribution in [3.63, 3.8) is 0 Å². The molecule has 3 rings (SSSR count). The zero-order chi connectivity index (χ0) is 22.9. The molecule has 1 aromatic heterocycles. The van der Waals surface area contributed by atoms with Crippen LogP contribution in [-0.2, 0) is 23.0 Å². The number of furan rings is 1. The fraction of sp³-hybridized carbons (Fsp3) is 0.320. The summed E-state index contributed by atoms with van der Waals surface area (Å²) in [6.07, 6.45) is 0.642. The van der Waals surface area contributed by atoms with Crippen LogP contribution in [0.25, 0.3) is 0 Å². The number of benzene rings is 2. The molecule has 0 radical (unpaired) electrons.